The number of H-pyrrole nitrogens is 1. The van der Waals surface area contributed by atoms with E-state index >= 15 is 0 Å². The van der Waals surface area contributed by atoms with Crippen LogP contribution in [0.25, 0.3) is 0 Å². The van der Waals surface area contributed by atoms with E-state index in [0.29, 0.717) is 22.1 Å². The lowest BCUT2D eigenvalue weighted by Crippen LogP contribution is -2.05. The molecule has 0 amide bonds. The number of rotatable bonds is 4. The number of benzene rings is 1. The highest BCUT2D eigenvalue weighted by Crippen LogP contribution is 2.39. The summed E-state index contributed by atoms with van der Waals surface area (Å²) in [6.07, 6.45) is 3.53. The molecule has 0 aliphatic heterocycles. The minimum atomic E-state index is -3.15. The average molecular weight is 309 g/mol. The van der Waals surface area contributed by atoms with Gasteiger partial charge < -0.3 is 0 Å². The number of aromatic amines is 1. The monoisotopic (exact) mass is 309 g/mol. The van der Waals surface area contributed by atoms with Gasteiger partial charge in [-0.05, 0) is 42.8 Å². The van der Waals surface area contributed by atoms with Crippen LogP contribution in [0.15, 0.2) is 29.2 Å². The number of nitrogens with zero attached hydrogens (tertiary/aromatic N) is 2. The van der Waals surface area contributed by atoms with Crippen LogP contribution in [0.1, 0.15) is 30.1 Å². The molecular weight excluding hydrogens is 294 g/mol. The van der Waals surface area contributed by atoms with Gasteiger partial charge in [0.15, 0.2) is 14.6 Å². The van der Waals surface area contributed by atoms with E-state index < -0.39 is 9.84 Å². The topological polar surface area (TPSA) is 67.8 Å². The second-order valence-corrected chi connectivity index (χ2v) is 7.57. The zero-order valence-corrected chi connectivity index (χ0v) is 12.7. The van der Waals surface area contributed by atoms with Crippen molar-refractivity contribution in [2.45, 2.75) is 30.2 Å². The zero-order valence-electron chi connectivity index (χ0n) is 11.0. The van der Waals surface area contributed by atoms with Crippen molar-refractivity contribution < 1.29 is 8.42 Å². The van der Waals surface area contributed by atoms with Crippen molar-refractivity contribution in [1.82, 2.24) is 14.8 Å². The summed E-state index contributed by atoms with van der Waals surface area (Å²) in [6.45, 7) is 0.616. The van der Waals surface area contributed by atoms with E-state index in [4.69, 9.17) is 12.2 Å². The van der Waals surface area contributed by atoms with Crippen LogP contribution in [-0.4, -0.2) is 29.4 Å². The van der Waals surface area contributed by atoms with Gasteiger partial charge in [-0.2, -0.15) is 5.10 Å². The molecule has 2 aromatic rings. The van der Waals surface area contributed by atoms with Crippen LogP contribution in [0.2, 0.25) is 0 Å². The van der Waals surface area contributed by atoms with E-state index in [2.05, 4.69) is 10.2 Å². The third-order valence-corrected chi connectivity index (χ3v) is 4.86. The van der Waals surface area contributed by atoms with Gasteiger partial charge >= 0.3 is 0 Å². The smallest absolute Gasteiger partial charge is 0.195 e. The second kappa shape index (κ2) is 4.82. The first-order chi connectivity index (χ1) is 9.45. The molecule has 106 valence electrons. The van der Waals surface area contributed by atoms with Gasteiger partial charge in [-0.1, -0.05) is 12.1 Å². The largest absolute Gasteiger partial charge is 0.299 e. The van der Waals surface area contributed by atoms with Crippen molar-refractivity contribution in [2.75, 3.05) is 6.26 Å². The number of hydrogen-bond donors (Lipinski definition) is 1. The molecule has 1 aromatic carbocycles. The maximum absolute atomic E-state index is 11.4. The van der Waals surface area contributed by atoms with E-state index in [-0.39, 0.29) is 0 Å². The van der Waals surface area contributed by atoms with Crippen LogP contribution in [-0.2, 0) is 16.4 Å². The fraction of sp³-hybridized carbons (Fsp3) is 0.385. The molecule has 20 heavy (non-hydrogen) atoms. The Balaban J connectivity index is 1.88. The van der Waals surface area contributed by atoms with Gasteiger partial charge in [-0.3, -0.25) is 9.67 Å². The van der Waals surface area contributed by atoms with Crippen molar-refractivity contribution in [3.8, 4) is 0 Å². The molecule has 0 atom stereocenters. The van der Waals surface area contributed by atoms with E-state index in [0.717, 1.165) is 24.2 Å². The molecule has 1 N–H and O–H groups in total. The maximum atomic E-state index is 11.4. The molecule has 1 fully saturated rings. The molecule has 1 heterocycles. The van der Waals surface area contributed by atoms with Crippen molar-refractivity contribution in [1.29, 1.82) is 0 Å². The SMILES string of the molecule is CS(=O)(=O)c1ccc(Cn2c(C3CC3)n[nH]c2=S)cc1. The zero-order chi connectivity index (χ0) is 14.3. The Hall–Kier alpha value is -1.47. The molecule has 1 aliphatic carbocycles. The molecule has 1 saturated carbocycles. The van der Waals surface area contributed by atoms with Gasteiger partial charge in [0.2, 0.25) is 0 Å². The van der Waals surface area contributed by atoms with Crippen molar-refractivity contribution in [3.05, 3.63) is 40.4 Å². The molecule has 0 saturated heterocycles. The summed E-state index contributed by atoms with van der Waals surface area (Å²) in [5.74, 6) is 1.51. The van der Waals surface area contributed by atoms with E-state index in [1.165, 1.54) is 6.26 Å². The molecular formula is C13H15N3O2S2. The summed E-state index contributed by atoms with van der Waals surface area (Å²) in [7, 11) is -3.15. The third-order valence-electron chi connectivity index (χ3n) is 3.42. The first-order valence-electron chi connectivity index (χ1n) is 6.39. The Morgan fingerprint density at radius 2 is 2.00 bits per heavy atom. The normalized spacial score (nSPS) is 15.4. The van der Waals surface area contributed by atoms with Crippen LogP contribution in [0.4, 0.5) is 0 Å². The molecule has 0 spiro atoms. The Morgan fingerprint density at radius 3 is 2.55 bits per heavy atom. The number of aromatic nitrogens is 3. The Labute approximate surface area is 122 Å². The van der Waals surface area contributed by atoms with Gasteiger partial charge in [-0.15, -0.1) is 0 Å². The molecule has 1 aliphatic rings. The number of sulfone groups is 1. The number of nitrogens with one attached hydrogen (secondary N) is 1. The molecule has 0 unspecified atom stereocenters. The van der Waals surface area contributed by atoms with Crippen LogP contribution >= 0.6 is 12.2 Å². The minimum absolute atomic E-state index is 0.333. The van der Waals surface area contributed by atoms with Gasteiger partial charge in [0.05, 0.1) is 11.4 Å². The molecule has 5 nitrogen and oxygen atoms in total. The Morgan fingerprint density at radius 1 is 1.35 bits per heavy atom. The number of hydrogen-bond acceptors (Lipinski definition) is 4. The molecule has 1 aromatic heterocycles. The molecule has 0 bridgehead atoms. The predicted octanol–water partition coefficient (Wildman–Crippen LogP) is 2.27. The van der Waals surface area contributed by atoms with Crippen LogP contribution in [0, 0.1) is 4.77 Å². The lowest BCUT2D eigenvalue weighted by atomic mass is 10.2. The van der Waals surface area contributed by atoms with E-state index in [9.17, 15) is 8.42 Å². The van der Waals surface area contributed by atoms with E-state index in [1.807, 2.05) is 16.7 Å². The summed E-state index contributed by atoms with van der Waals surface area (Å²) in [5, 5.41) is 7.11. The Kier molecular flexibility index (Phi) is 3.25. The van der Waals surface area contributed by atoms with Crippen LogP contribution in [0.3, 0.4) is 0 Å². The predicted molar refractivity (Wildman–Crippen MR) is 78.0 cm³/mol. The highest BCUT2D eigenvalue weighted by atomic mass is 32.2. The van der Waals surface area contributed by atoms with Crippen LogP contribution in [0.5, 0.6) is 0 Å². The molecule has 0 radical (unpaired) electrons. The summed E-state index contributed by atoms with van der Waals surface area (Å²) >= 11 is 5.25. The van der Waals surface area contributed by atoms with Crippen LogP contribution < -0.4 is 0 Å². The summed E-state index contributed by atoms with van der Waals surface area (Å²) in [6, 6.07) is 6.90. The second-order valence-electron chi connectivity index (χ2n) is 5.16. The molecule has 3 rings (SSSR count). The van der Waals surface area contributed by atoms with Crippen molar-refractivity contribution in [3.63, 3.8) is 0 Å². The van der Waals surface area contributed by atoms with Crippen molar-refractivity contribution in [2.24, 2.45) is 0 Å². The highest BCUT2D eigenvalue weighted by molar-refractivity contribution is 7.90. The summed E-state index contributed by atoms with van der Waals surface area (Å²) in [5.41, 5.74) is 1.01. The van der Waals surface area contributed by atoms with Gasteiger partial charge in [0.1, 0.15) is 5.82 Å². The lowest BCUT2D eigenvalue weighted by molar-refractivity contribution is 0.602. The fourth-order valence-corrected chi connectivity index (χ4v) is 2.99. The minimum Gasteiger partial charge on any atom is -0.299 e. The van der Waals surface area contributed by atoms with Gasteiger partial charge in [0.25, 0.3) is 0 Å². The maximum Gasteiger partial charge on any atom is 0.195 e. The van der Waals surface area contributed by atoms with Gasteiger partial charge in [-0.25, -0.2) is 8.42 Å². The lowest BCUT2D eigenvalue weighted by Gasteiger charge is -2.07. The third kappa shape index (κ3) is 2.69. The molecule has 7 heteroatoms. The highest BCUT2D eigenvalue weighted by Gasteiger charge is 2.28. The summed E-state index contributed by atoms with van der Waals surface area (Å²) in [4.78, 5) is 0.333. The fourth-order valence-electron chi connectivity index (χ4n) is 2.16. The van der Waals surface area contributed by atoms with Gasteiger partial charge in [0, 0.05) is 12.2 Å². The average Bonchev–Trinajstić information content (AvgIpc) is 3.16. The van der Waals surface area contributed by atoms with Crippen molar-refractivity contribution >= 4 is 22.1 Å². The quantitative estimate of drug-likeness (QED) is 0.880. The first kappa shape index (κ1) is 13.5. The van der Waals surface area contributed by atoms with E-state index in [1.54, 1.807) is 12.1 Å². The summed E-state index contributed by atoms with van der Waals surface area (Å²) < 4.78 is 25.5. The standard InChI is InChI=1S/C13H15N3O2S2/c1-20(17,18)11-6-2-9(3-7-11)8-16-12(10-4-5-10)14-15-13(16)19/h2-3,6-7,10H,4-5,8H2,1H3,(H,15,19). The Bertz CT molecular complexity index is 784. The first-order valence-corrected chi connectivity index (χ1v) is 8.69.